The minimum Gasteiger partial charge on any atom is -0.337 e. The van der Waals surface area contributed by atoms with Gasteiger partial charge in [-0.15, -0.1) is 0 Å². The van der Waals surface area contributed by atoms with E-state index in [1.54, 1.807) is 4.90 Å². The number of aromatic nitrogens is 1. The lowest BCUT2D eigenvalue weighted by Crippen LogP contribution is -2.39. The highest BCUT2D eigenvalue weighted by Gasteiger charge is 2.23. The number of carbonyl (C=O) groups is 1. The number of piperidine rings is 1. The number of likely N-dealkylation sites (tertiary alicyclic amines) is 1. The number of amides is 1. The Morgan fingerprint density at radius 1 is 1.44 bits per heavy atom. The van der Waals surface area contributed by atoms with Crippen molar-refractivity contribution < 1.29 is 9.18 Å². The molecule has 0 aliphatic carbocycles. The lowest BCUT2D eigenvalue weighted by molar-refractivity contribution is 0.0682. The molecule has 1 aromatic heterocycles. The summed E-state index contributed by atoms with van der Waals surface area (Å²) in [6.45, 7) is 2.18. The average Bonchev–Trinajstić information content (AvgIpc) is 2.40. The van der Waals surface area contributed by atoms with Crippen molar-refractivity contribution in [2.45, 2.75) is 19.3 Å². The Morgan fingerprint density at radius 2 is 2.17 bits per heavy atom. The van der Waals surface area contributed by atoms with Crippen molar-refractivity contribution in [1.29, 1.82) is 0 Å². The van der Waals surface area contributed by atoms with Crippen LogP contribution in [0.3, 0.4) is 0 Å². The van der Waals surface area contributed by atoms with Gasteiger partial charge in [0.2, 0.25) is 0 Å². The number of halogens is 1. The number of nitrogens with two attached hydrogens (primary N) is 1. The summed E-state index contributed by atoms with van der Waals surface area (Å²) in [5, 5.41) is 0. The van der Waals surface area contributed by atoms with Crippen LogP contribution in [-0.2, 0) is 0 Å². The summed E-state index contributed by atoms with van der Waals surface area (Å²) < 4.78 is 12.7. The van der Waals surface area contributed by atoms with Gasteiger partial charge in [0.1, 0.15) is 11.5 Å². The first-order valence-corrected chi connectivity index (χ1v) is 6.31. The van der Waals surface area contributed by atoms with E-state index in [1.807, 2.05) is 0 Å². The van der Waals surface area contributed by atoms with Gasteiger partial charge in [0.25, 0.3) is 5.91 Å². The van der Waals surface area contributed by atoms with E-state index in [1.165, 1.54) is 12.1 Å². The van der Waals surface area contributed by atoms with Crippen molar-refractivity contribution in [3.63, 3.8) is 0 Å². The molecule has 2 heterocycles. The molecule has 18 heavy (non-hydrogen) atoms. The van der Waals surface area contributed by atoms with E-state index in [2.05, 4.69) is 4.98 Å². The van der Waals surface area contributed by atoms with Crippen LogP contribution in [0.1, 0.15) is 29.8 Å². The van der Waals surface area contributed by atoms with Crippen molar-refractivity contribution in [2.75, 3.05) is 19.6 Å². The lowest BCUT2D eigenvalue weighted by Gasteiger charge is -2.31. The van der Waals surface area contributed by atoms with Crippen LogP contribution in [-0.4, -0.2) is 35.4 Å². The predicted octanol–water partition coefficient (Wildman–Crippen LogP) is 1.42. The summed E-state index contributed by atoms with van der Waals surface area (Å²) in [7, 11) is 0. The minimum absolute atomic E-state index is 0.110. The predicted molar refractivity (Wildman–Crippen MR) is 66.5 cm³/mol. The zero-order valence-electron chi connectivity index (χ0n) is 10.3. The maximum atomic E-state index is 12.7. The van der Waals surface area contributed by atoms with E-state index in [0.717, 1.165) is 38.5 Å². The molecule has 4 nitrogen and oxygen atoms in total. The number of carbonyl (C=O) groups excluding carboxylic acids is 1. The Kier molecular flexibility index (Phi) is 4.25. The Balaban J connectivity index is 1.93. The zero-order chi connectivity index (χ0) is 13.0. The highest BCUT2D eigenvalue weighted by Crippen LogP contribution is 2.20. The zero-order valence-corrected chi connectivity index (χ0v) is 10.3. The molecule has 0 spiro atoms. The van der Waals surface area contributed by atoms with Gasteiger partial charge >= 0.3 is 0 Å². The van der Waals surface area contributed by atoms with Crippen LogP contribution in [0.2, 0.25) is 0 Å². The number of nitrogens with zero attached hydrogens (tertiary/aromatic N) is 2. The third-order valence-electron chi connectivity index (χ3n) is 3.42. The van der Waals surface area contributed by atoms with E-state index in [-0.39, 0.29) is 5.91 Å². The van der Waals surface area contributed by atoms with Gasteiger partial charge in [0.05, 0.1) is 6.20 Å². The first-order valence-electron chi connectivity index (χ1n) is 6.31. The molecule has 0 saturated carbocycles. The molecule has 0 bridgehead atoms. The Morgan fingerprint density at radius 3 is 2.72 bits per heavy atom. The normalized spacial score (nSPS) is 16.9. The SMILES string of the molecule is NCCC1CCN(C(=O)c2ccc(F)cn2)CC1. The van der Waals surface area contributed by atoms with Gasteiger partial charge in [-0.2, -0.15) is 0 Å². The summed E-state index contributed by atoms with van der Waals surface area (Å²) in [4.78, 5) is 17.7. The molecule has 1 aliphatic rings. The molecular formula is C13H18FN3O. The van der Waals surface area contributed by atoms with Gasteiger partial charge in [-0.25, -0.2) is 9.37 Å². The third-order valence-corrected chi connectivity index (χ3v) is 3.42. The Hall–Kier alpha value is -1.49. The minimum atomic E-state index is -0.423. The van der Waals surface area contributed by atoms with Crippen LogP contribution in [0.25, 0.3) is 0 Å². The Bertz CT molecular complexity index is 399. The fourth-order valence-electron chi connectivity index (χ4n) is 2.32. The van der Waals surface area contributed by atoms with Gasteiger partial charge in [-0.05, 0) is 43.9 Å². The van der Waals surface area contributed by atoms with Gasteiger partial charge < -0.3 is 10.6 Å². The summed E-state index contributed by atoms with van der Waals surface area (Å²) in [5.41, 5.74) is 5.85. The highest BCUT2D eigenvalue weighted by molar-refractivity contribution is 5.92. The largest absolute Gasteiger partial charge is 0.337 e. The smallest absolute Gasteiger partial charge is 0.272 e. The van der Waals surface area contributed by atoms with E-state index < -0.39 is 5.82 Å². The van der Waals surface area contributed by atoms with Crippen LogP contribution >= 0.6 is 0 Å². The lowest BCUT2D eigenvalue weighted by atomic mass is 9.93. The second-order valence-electron chi connectivity index (χ2n) is 4.67. The fraction of sp³-hybridized carbons (Fsp3) is 0.538. The van der Waals surface area contributed by atoms with Crippen molar-refractivity contribution in [2.24, 2.45) is 11.7 Å². The van der Waals surface area contributed by atoms with Crippen LogP contribution < -0.4 is 5.73 Å². The molecule has 98 valence electrons. The number of pyridine rings is 1. The highest BCUT2D eigenvalue weighted by atomic mass is 19.1. The van der Waals surface area contributed by atoms with Crippen molar-refractivity contribution in [3.8, 4) is 0 Å². The molecule has 0 aromatic carbocycles. The third kappa shape index (κ3) is 3.04. The molecular weight excluding hydrogens is 233 g/mol. The second kappa shape index (κ2) is 5.91. The monoisotopic (exact) mass is 251 g/mol. The molecule has 0 atom stereocenters. The molecule has 0 radical (unpaired) electrons. The van der Waals surface area contributed by atoms with Crippen LogP contribution in [0.4, 0.5) is 4.39 Å². The summed E-state index contributed by atoms with van der Waals surface area (Å²) in [5.74, 6) is 0.0922. The molecule has 1 saturated heterocycles. The number of rotatable bonds is 3. The topological polar surface area (TPSA) is 59.2 Å². The molecule has 0 unspecified atom stereocenters. The molecule has 1 amide bonds. The molecule has 1 aliphatic heterocycles. The van der Waals surface area contributed by atoms with E-state index in [0.29, 0.717) is 18.2 Å². The molecule has 2 N–H and O–H groups in total. The molecule has 1 fully saturated rings. The van der Waals surface area contributed by atoms with Gasteiger partial charge in [-0.1, -0.05) is 0 Å². The van der Waals surface area contributed by atoms with Crippen LogP contribution in [0, 0.1) is 11.7 Å². The fourth-order valence-corrected chi connectivity index (χ4v) is 2.32. The van der Waals surface area contributed by atoms with Crippen molar-refractivity contribution in [1.82, 2.24) is 9.88 Å². The van der Waals surface area contributed by atoms with Crippen LogP contribution in [0.5, 0.6) is 0 Å². The second-order valence-corrected chi connectivity index (χ2v) is 4.67. The summed E-state index contributed by atoms with van der Waals surface area (Å²) in [6.07, 6.45) is 4.08. The average molecular weight is 251 g/mol. The van der Waals surface area contributed by atoms with Gasteiger partial charge in [0, 0.05) is 13.1 Å². The van der Waals surface area contributed by atoms with E-state index >= 15 is 0 Å². The standard InChI is InChI=1S/C13H18FN3O/c14-11-1-2-12(16-9-11)13(18)17-7-4-10(3-6-15)5-8-17/h1-2,9-10H,3-8,15H2. The number of hydrogen-bond acceptors (Lipinski definition) is 3. The maximum Gasteiger partial charge on any atom is 0.272 e. The van der Waals surface area contributed by atoms with E-state index in [9.17, 15) is 9.18 Å². The quantitative estimate of drug-likeness (QED) is 0.884. The van der Waals surface area contributed by atoms with E-state index in [4.69, 9.17) is 5.73 Å². The van der Waals surface area contributed by atoms with Gasteiger partial charge in [0.15, 0.2) is 0 Å². The maximum absolute atomic E-state index is 12.7. The van der Waals surface area contributed by atoms with Gasteiger partial charge in [-0.3, -0.25) is 4.79 Å². The first-order chi connectivity index (χ1) is 8.70. The van der Waals surface area contributed by atoms with Crippen LogP contribution in [0.15, 0.2) is 18.3 Å². The molecule has 1 aromatic rings. The first kappa shape index (κ1) is 13.0. The Labute approximate surface area is 106 Å². The summed E-state index contributed by atoms with van der Waals surface area (Å²) >= 11 is 0. The van der Waals surface area contributed by atoms with Crippen molar-refractivity contribution >= 4 is 5.91 Å². The summed E-state index contributed by atoms with van der Waals surface area (Å²) in [6, 6.07) is 2.70. The molecule has 2 rings (SSSR count). The number of hydrogen-bond donors (Lipinski definition) is 1. The van der Waals surface area contributed by atoms with Crippen molar-refractivity contribution in [3.05, 3.63) is 29.8 Å². The molecule has 5 heteroatoms.